The van der Waals surface area contributed by atoms with Crippen molar-refractivity contribution in [3.8, 4) is 0 Å². The molecule has 0 N–H and O–H groups in total. The summed E-state index contributed by atoms with van der Waals surface area (Å²) in [6, 6.07) is 53.3. The molecule has 6 nitrogen and oxygen atoms in total. The van der Waals surface area contributed by atoms with Crippen LogP contribution >= 0.6 is 34.0 Å². The molecule has 0 bridgehead atoms. The third-order valence-corrected chi connectivity index (χ3v) is 19.2. The van der Waals surface area contributed by atoms with Crippen molar-refractivity contribution in [1.29, 1.82) is 0 Å². The zero-order valence-corrected chi connectivity index (χ0v) is 46.7. The molecule has 75 heavy (non-hydrogen) atoms. The predicted octanol–water partition coefficient (Wildman–Crippen LogP) is 20.4. The average Bonchev–Trinajstić information content (AvgIpc) is 4.38. The van der Waals surface area contributed by atoms with Gasteiger partial charge in [0.2, 0.25) is 0 Å². The van der Waals surface area contributed by atoms with Crippen LogP contribution in [0.5, 0.6) is 0 Å². The molecule has 0 saturated carbocycles. The van der Waals surface area contributed by atoms with Gasteiger partial charge < -0.3 is 27.4 Å². The van der Waals surface area contributed by atoms with Gasteiger partial charge in [-0.3, -0.25) is 0 Å². The molecule has 9 heterocycles. The Bertz CT molecular complexity index is 3840. The van der Waals surface area contributed by atoms with Crippen LogP contribution in [0.3, 0.4) is 0 Å². The van der Waals surface area contributed by atoms with Gasteiger partial charge >= 0.3 is 0 Å². The molecule has 0 aliphatic heterocycles. The summed E-state index contributed by atoms with van der Waals surface area (Å²) in [4.78, 5) is 0. The Morgan fingerprint density at radius 1 is 0.227 bits per heavy atom. The highest BCUT2D eigenvalue weighted by molar-refractivity contribution is 7.28. The largest absolute Gasteiger partial charge is 0.338 e. The third-order valence-electron chi connectivity index (χ3n) is 15.5. The second kappa shape index (κ2) is 19.7. The Balaban J connectivity index is 0.000000108. The third kappa shape index (κ3) is 7.35. The fourth-order valence-electron chi connectivity index (χ4n) is 12.7. The highest BCUT2D eigenvalue weighted by atomic mass is 32.1. The Hall–Kier alpha value is -6.78. The number of nitrogens with zero attached hydrogens (tertiary/aromatic N) is 6. The number of benzene rings is 6. The van der Waals surface area contributed by atoms with Crippen molar-refractivity contribution in [3.05, 3.63) is 146 Å². The molecule has 0 unspecified atom stereocenters. The molecule has 378 valence electrons. The first-order chi connectivity index (χ1) is 37.0. The number of para-hydroxylation sites is 6. The van der Waals surface area contributed by atoms with Crippen molar-refractivity contribution in [2.24, 2.45) is 0 Å². The summed E-state index contributed by atoms with van der Waals surface area (Å²) >= 11 is 5.92. The molecular formula is C66H66N6S3. The van der Waals surface area contributed by atoms with E-state index in [1.807, 2.05) is 34.0 Å². The van der Waals surface area contributed by atoms with Gasteiger partial charge in [-0.15, -0.1) is 34.0 Å². The molecule has 0 aliphatic carbocycles. The number of hydrogen-bond acceptors (Lipinski definition) is 3. The van der Waals surface area contributed by atoms with Crippen molar-refractivity contribution in [3.63, 3.8) is 0 Å². The van der Waals surface area contributed by atoms with Gasteiger partial charge in [-0.25, -0.2) is 0 Å². The van der Waals surface area contributed by atoms with Crippen LogP contribution in [0.25, 0.3) is 127 Å². The lowest BCUT2D eigenvalue weighted by atomic mass is 10.2. The Morgan fingerprint density at radius 3 is 0.520 bits per heavy atom. The van der Waals surface area contributed by atoms with Crippen LogP contribution in [0.4, 0.5) is 0 Å². The molecule has 15 aromatic rings. The van der Waals surface area contributed by atoms with Crippen LogP contribution in [0.2, 0.25) is 0 Å². The highest BCUT2D eigenvalue weighted by Crippen LogP contribution is 2.48. The second-order valence-corrected chi connectivity index (χ2v) is 23.4. The molecule has 0 spiro atoms. The fourth-order valence-corrected chi connectivity index (χ4v) is 16.8. The van der Waals surface area contributed by atoms with Crippen molar-refractivity contribution in [2.75, 3.05) is 0 Å². The summed E-state index contributed by atoms with van der Waals surface area (Å²) in [5.41, 5.74) is 16.9. The quantitative estimate of drug-likeness (QED) is 0.117. The highest BCUT2D eigenvalue weighted by Gasteiger charge is 2.25. The number of rotatable bonds is 12. The van der Waals surface area contributed by atoms with Gasteiger partial charge in [-0.2, -0.15) is 0 Å². The molecule has 0 aliphatic rings. The van der Waals surface area contributed by atoms with Crippen molar-refractivity contribution in [2.45, 2.75) is 119 Å². The van der Waals surface area contributed by atoms with E-state index in [2.05, 4.69) is 215 Å². The molecule has 0 atom stereocenters. The van der Waals surface area contributed by atoms with Crippen LogP contribution < -0.4 is 0 Å². The molecular weight excluding hydrogens is 973 g/mol. The van der Waals surface area contributed by atoms with Gasteiger partial charge in [0.15, 0.2) is 0 Å². The number of aromatic nitrogens is 6. The SMILES string of the molecule is CCCn1c2ccccc2c2sc3c4ccccc4n(CCC)c3c21.CCCn1c2ccccc2c2sc3c4ccccc4n(CCC)c3c21.CCCn1c2ccccc2c2sc3c4ccccc4n(CCC)c3c21. The molecule has 15 rings (SSSR count). The van der Waals surface area contributed by atoms with Gasteiger partial charge in [-0.05, 0) is 74.9 Å². The van der Waals surface area contributed by atoms with Crippen molar-refractivity contribution < 1.29 is 0 Å². The zero-order chi connectivity index (χ0) is 50.9. The zero-order valence-electron chi connectivity index (χ0n) is 44.2. The van der Waals surface area contributed by atoms with E-state index in [1.165, 1.54) is 127 Å². The summed E-state index contributed by atoms with van der Waals surface area (Å²) in [5, 5.41) is 8.41. The van der Waals surface area contributed by atoms with Gasteiger partial charge in [-0.1, -0.05) is 151 Å². The topological polar surface area (TPSA) is 29.6 Å². The first-order valence-corrected chi connectivity index (χ1v) is 30.2. The Morgan fingerprint density at radius 2 is 0.373 bits per heavy atom. The molecule has 0 saturated heterocycles. The van der Waals surface area contributed by atoms with E-state index in [0.717, 1.165) is 77.8 Å². The van der Waals surface area contributed by atoms with E-state index in [1.54, 1.807) is 0 Å². The molecule has 9 aromatic heterocycles. The summed E-state index contributed by atoms with van der Waals surface area (Å²) in [6.45, 7) is 20.1. The lowest BCUT2D eigenvalue weighted by molar-refractivity contribution is 0.711. The lowest BCUT2D eigenvalue weighted by Gasteiger charge is -2.08. The average molecular weight is 1040 g/mol. The minimum absolute atomic E-state index is 1.07. The first-order valence-electron chi connectivity index (χ1n) is 27.8. The van der Waals surface area contributed by atoms with Gasteiger partial charge in [0.05, 0.1) is 61.3 Å². The molecule has 9 heteroatoms. The lowest BCUT2D eigenvalue weighted by Crippen LogP contribution is -2.00. The summed E-state index contributed by atoms with van der Waals surface area (Å²) in [6.07, 6.45) is 6.91. The van der Waals surface area contributed by atoms with Crippen LogP contribution in [0.1, 0.15) is 80.1 Å². The smallest absolute Gasteiger partial charge is 0.0849 e. The number of aryl methyl sites for hydroxylation is 6. The monoisotopic (exact) mass is 1040 g/mol. The number of thiophene rings is 3. The molecule has 0 radical (unpaired) electrons. The van der Waals surface area contributed by atoms with Gasteiger partial charge in [0, 0.05) is 105 Å². The Labute approximate surface area is 450 Å². The standard InChI is InChI=1S/3C22H22N2S/c3*1-3-13-23-17-11-7-5-9-15(17)21-19(23)20-22(25-21)16-10-6-8-12-18(16)24(20)14-4-2/h3*5-12H,3-4,13-14H2,1-2H3. The molecule has 0 amide bonds. The summed E-state index contributed by atoms with van der Waals surface area (Å²) in [5.74, 6) is 0. The predicted molar refractivity (Wildman–Crippen MR) is 333 cm³/mol. The van der Waals surface area contributed by atoms with Gasteiger partial charge in [0.25, 0.3) is 0 Å². The van der Waals surface area contributed by atoms with E-state index in [9.17, 15) is 0 Å². The van der Waals surface area contributed by atoms with E-state index < -0.39 is 0 Å². The maximum absolute atomic E-state index is 2.55. The van der Waals surface area contributed by atoms with E-state index in [0.29, 0.717) is 0 Å². The normalized spacial score (nSPS) is 12.2. The number of fused-ring (bicyclic) bond motifs is 21. The minimum Gasteiger partial charge on any atom is -0.338 e. The van der Waals surface area contributed by atoms with Crippen LogP contribution in [0.15, 0.2) is 146 Å². The van der Waals surface area contributed by atoms with Crippen LogP contribution in [-0.2, 0) is 39.3 Å². The Kier molecular flexibility index (Phi) is 12.6. The van der Waals surface area contributed by atoms with Crippen molar-refractivity contribution >= 4 is 161 Å². The minimum atomic E-state index is 1.07. The molecule has 0 fully saturated rings. The summed E-state index contributed by atoms with van der Waals surface area (Å²) < 4.78 is 24.0. The fraction of sp³-hybridized carbons (Fsp3) is 0.273. The first kappa shape index (κ1) is 47.9. The summed E-state index contributed by atoms with van der Waals surface area (Å²) in [7, 11) is 0. The van der Waals surface area contributed by atoms with E-state index in [4.69, 9.17) is 0 Å². The van der Waals surface area contributed by atoms with E-state index in [-0.39, 0.29) is 0 Å². The number of hydrogen-bond donors (Lipinski definition) is 0. The maximum Gasteiger partial charge on any atom is 0.0849 e. The van der Waals surface area contributed by atoms with E-state index >= 15 is 0 Å². The van der Waals surface area contributed by atoms with Crippen molar-refractivity contribution in [1.82, 2.24) is 27.4 Å². The van der Waals surface area contributed by atoms with Gasteiger partial charge in [0.1, 0.15) is 0 Å². The molecule has 6 aromatic carbocycles. The van der Waals surface area contributed by atoms with Crippen LogP contribution in [0, 0.1) is 0 Å². The maximum atomic E-state index is 2.55. The second-order valence-electron chi connectivity index (χ2n) is 20.4. The van der Waals surface area contributed by atoms with Crippen LogP contribution in [-0.4, -0.2) is 27.4 Å².